The van der Waals surface area contributed by atoms with Crippen LogP contribution in [0.1, 0.15) is 109 Å². The van der Waals surface area contributed by atoms with Crippen LogP contribution in [0.5, 0.6) is 0 Å². The Bertz CT molecular complexity index is 4720. The summed E-state index contributed by atoms with van der Waals surface area (Å²) < 4.78 is 129. The highest BCUT2D eigenvalue weighted by Crippen LogP contribution is 2.48. The molecule has 8 aromatic rings. The lowest BCUT2D eigenvalue weighted by Crippen LogP contribution is -2.43. The van der Waals surface area contributed by atoms with Crippen LogP contribution >= 0.6 is 11.6 Å². The topological polar surface area (TPSA) is 409 Å². The molecule has 0 radical (unpaired) electrons. The van der Waals surface area contributed by atoms with E-state index in [-0.39, 0.29) is 61.0 Å². The molecule has 103 heavy (non-hydrogen) atoms. The van der Waals surface area contributed by atoms with Crippen LogP contribution in [0, 0.1) is 23.3 Å². The molecule has 0 saturated carbocycles. The summed E-state index contributed by atoms with van der Waals surface area (Å²) >= 11 is 5.70. The molecular weight excluding hydrogens is 1420 g/mol. The number of ether oxygens (including phenoxy) is 4. The molecule has 0 aliphatic carbocycles. The maximum absolute atomic E-state index is 15.1. The summed E-state index contributed by atoms with van der Waals surface area (Å²) in [5.74, 6) is -2.79. The number of aryl methyl sites for hydroxylation is 2. The predicted octanol–water partition coefficient (Wildman–Crippen LogP) is 9.61. The molecule has 0 fully saturated rings. The van der Waals surface area contributed by atoms with Gasteiger partial charge in [0.05, 0.1) is 76.8 Å². The van der Waals surface area contributed by atoms with E-state index in [0.29, 0.717) is 102 Å². The van der Waals surface area contributed by atoms with Gasteiger partial charge in [-0.25, -0.2) is 63.7 Å². The van der Waals surface area contributed by atoms with Gasteiger partial charge in [-0.15, -0.1) is 11.6 Å². The lowest BCUT2D eigenvalue weighted by molar-refractivity contribution is 0.0463. The highest BCUT2D eigenvalue weighted by atomic mass is 35.5. The number of unbranched alkanes of at least 4 members (excludes halogenated alkanes) is 4. The number of methoxy groups -OCH3 is 2. The number of nitrogens with one attached hydrogen (secondary N) is 3. The highest BCUT2D eigenvalue weighted by Gasteiger charge is 2.40. The molecule has 0 bridgehead atoms. The monoisotopic (exact) mass is 1490 g/mol. The average Bonchev–Trinajstić information content (AvgIpc) is 1.52. The summed E-state index contributed by atoms with van der Waals surface area (Å²) in [6.07, 6.45) is 6.06. The SMILES string of the molecule is COCCN(CCl)C(=O)OC(CCCCCN=[N+]=[N-])CS(C)(=O)=O.COCCN(Cn1nc2c3c(cc(F)cc3c1=O)N[C@@H](c1ccc(F)cc1)[C@@H]2c1ncnn1C)C(=O)OC(CCCCCN=[N+]=[N-])CS(C)(=O)=O.Cn1ncnc1[C@@H]1c2n[nH]c(=O)c3cc(F)cc(c23)N[C@H]1c1ccc(F)cc1. The summed E-state index contributed by atoms with van der Waals surface area (Å²) in [6, 6.07) is 15.5. The number of nitrogens with zero attached hydrogens (tertiary/aromatic N) is 17. The highest BCUT2D eigenvalue weighted by molar-refractivity contribution is 7.91. The largest absolute Gasteiger partial charge is 0.445 e. The minimum atomic E-state index is -3.56. The second-order valence-corrected chi connectivity index (χ2v) is 28.9. The van der Waals surface area contributed by atoms with Crippen LogP contribution in [0.2, 0.25) is 0 Å². The second kappa shape index (κ2) is 36.8. The van der Waals surface area contributed by atoms with Gasteiger partial charge in [0, 0.05) is 99.0 Å². The summed E-state index contributed by atoms with van der Waals surface area (Å²) in [4.78, 5) is 68.5. The van der Waals surface area contributed by atoms with Gasteiger partial charge in [0.25, 0.3) is 11.1 Å². The van der Waals surface area contributed by atoms with Crippen molar-refractivity contribution in [2.75, 3.05) is 94.3 Å². The van der Waals surface area contributed by atoms with Crippen molar-refractivity contribution in [3.63, 3.8) is 0 Å². The summed E-state index contributed by atoms with van der Waals surface area (Å²) in [7, 11) is -0.474. The van der Waals surface area contributed by atoms with Crippen LogP contribution in [0.15, 0.2) is 105 Å². The number of alkyl halides is 1. The van der Waals surface area contributed by atoms with E-state index in [4.69, 9.17) is 46.7 Å². The van der Waals surface area contributed by atoms with E-state index < -0.39 is 109 Å². The minimum absolute atomic E-state index is 0.0111. The normalized spacial score (nSPS) is 15.7. The number of benzene rings is 4. The Kier molecular flexibility index (Phi) is 28.1. The Hall–Kier alpha value is -9.97. The smallest absolute Gasteiger partial charge is 0.411 e. The molecule has 0 spiro atoms. The lowest BCUT2D eigenvalue weighted by Gasteiger charge is -2.34. The number of carbonyl (C=O) groups is 2. The first-order chi connectivity index (χ1) is 49.3. The van der Waals surface area contributed by atoms with Crippen LogP contribution in [0.4, 0.5) is 38.5 Å². The molecule has 39 heteroatoms. The van der Waals surface area contributed by atoms with Gasteiger partial charge in [-0.05, 0) is 109 Å². The van der Waals surface area contributed by atoms with Gasteiger partial charge in [-0.2, -0.15) is 20.4 Å². The molecule has 32 nitrogen and oxygen atoms in total. The standard InChI is InChI=1S/C32H38F2N10O6S.C19H14F2N6O.C13H25ClN4O5S/c1-42-30(36-18-38-42)27-28(20-8-10-21(33)11-9-20)39-25-16-22(34)15-24-26(25)29(27)40-44(31(24)45)19-43(13-14-49-2)32(46)50-23(17-51(3,47)48)7-5-4-6-12-37-41-35;1-27-18(22-8-23-27)15-16(9-2-4-10(20)5-3-9)24-13-7-11(21)6-12-14(13)17(15)25-26-19(12)28;1-22-9-8-18(11-14)13(19)23-12(10-24(2,20)21)6-4-3-5-7-16-17-15/h8-11,15-16,18,23,27-28,39H,4-7,12-14,17,19H2,1-3H3;2-8,15-16,24H,1H3,(H,26,28);12H,3-11H2,1-2H3/t23?,27-,28-;15-,16-;/m00./s1. The molecule has 2 aliphatic heterocycles. The molecule has 10 rings (SSSR count). The molecule has 2 aliphatic rings. The molecule has 4 aromatic heterocycles. The number of anilines is 2. The number of hydrogen-bond acceptors (Lipinski definition) is 22. The third kappa shape index (κ3) is 21.3. The first-order valence-corrected chi connectivity index (χ1v) is 36.9. The van der Waals surface area contributed by atoms with Gasteiger partial charge in [0.15, 0.2) is 19.7 Å². The first kappa shape index (κ1) is 78.7. The third-order valence-electron chi connectivity index (χ3n) is 16.6. The summed E-state index contributed by atoms with van der Waals surface area (Å²) in [5.41, 5.74) is 18.5. The number of azide groups is 2. The van der Waals surface area contributed by atoms with Gasteiger partial charge < -0.3 is 29.6 Å². The number of halogens is 5. The van der Waals surface area contributed by atoms with E-state index in [9.17, 15) is 49.2 Å². The van der Waals surface area contributed by atoms with E-state index in [1.807, 2.05) is 0 Å². The molecule has 2 amide bonds. The van der Waals surface area contributed by atoms with Crippen molar-refractivity contribution in [2.45, 2.75) is 94.2 Å². The van der Waals surface area contributed by atoms with Gasteiger partial charge in [0.2, 0.25) is 0 Å². The number of hydrogen-bond donors (Lipinski definition) is 3. The molecule has 6 heterocycles. The van der Waals surface area contributed by atoms with Crippen molar-refractivity contribution < 1.29 is 62.9 Å². The van der Waals surface area contributed by atoms with Crippen LogP contribution in [0.25, 0.3) is 42.4 Å². The fourth-order valence-electron chi connectivity index (χ4n) is 11.9. The zero-order valence-electron chi connectivity index (χ0n) is 57.0. The zero-order valence-corrected chi connectivity index (χ0v) is 59.4. The van der Waals surface area contributed by atoms with E-state index in [0.717, 1.165) is 40.1 Å². The molecule has 2 unspecified atom stereocenters. The number of rotatable bonds is 31. The fraction of sp³-hybridized carbons (Fsp3) is 0.469. The Labute approximate surface area is 593 Å². The van der Waals surface area contributed by atoms with E-state index in [1.54, 1.807) is 47.7 Å². The summed E-state index contributed by atoms with van der Waals surface area (Å²) in [6.45, 7) is 0.774. The van der Waals surface area contributed by atoms with Crippen LogP contribution in [-0.2, 0) is 59.4 Å². The van der Waals surface area contributed by atoms with Gasteiger partial charge in [-0.3, -0.25) is 28.8 Å². The minimum Gasteiger partial charge on any atom is -0.445 e. The molecule has 4 aromatic carbocycles. The third-order valence-corrected chi connectivity index (χ3v) is 18.9. The number of amides is 2. The van der Waals surface area contributed by atoms with Crippen molar-refractivity contribution in [3.05, 3.63) is 184 Å². The second-order valence-electron chi connectivity index (χ2n) is 24.2. The number of H-pyrrole nitrogens is 1. The van der Waals surface area contributed by atoms with E-state index in [2.05, 4.69) is 61.0 Å². The van der Waals surface area contributed by atoms with E-state index >= 15 is 4.39 Å². The Balaban J connectivity index is 0.000000217. The van der Waals surface area contributed by atoms with Gasteiger partial charge in [-0.1, -0.05) is 47.3 Å². The van der Waals surface area contributed by atoms with Crippen LogP contribution in [-0.4, -0.2) is 184 Å². The van der Waals surface area contributed by atoms with Crippen molar-refractivity contribution in [2.24, 2.45) is 24.3 Å². The van der Waals surface area contributed by atoms with Crippen LogP contribution in [0.3, 0.4) is 0 Å². The van der Waals surface area contributed by atoms with Crippen LogP contribution < -0.4 is 21.8 Å². The Morgan fingerprint density at radius 3 is 1.52 bits per heavy atom. The molecule has 552 valence electrons. The molecule has 3 N–H and O–H groups in total. The number of aromatic amines is 1. The van der Waals surface area contributed by atoms with Crippen molar-refractivity contribution in [3.8, 4) is 0 Å². The Morgan fingerprint density at radius 2 is 1.09 bits per heavy atom. The predicted molar refractivity (Wildman–Crippen MR) is 372 cm³/mol. The van der Waals surface area contributed by atoms with Crippen molar-refractivity contribution in [1.82, 2.24) is 59.3 Å². The molecule has 6 atom stereocenters. The van der Waals surface area contributed by atoms with Crippen molar-refractivity contribution >= 4 is 76.4 Å². The fourth-order valence-corrected chi connectivity index (χ4v) is 13.9. The van der Waals surface area contributed by atoms with Crippen molar-refractivity contribution in [1.29, 1.82) is 0 Å². The zero-order chi connectivity index (χ0) is 74.5. The summed E-state index contributed by atoms with van der Waals surface area (Å²) in [5, 5.41) is 34.5. The van der Waals surface area contributed by atoms with Gasteiger partial charge in [0.1, 0.15) is 66.4 Å². The lowest BCUT2D eigenvalue weighted by atomic mass is 9.83. The number of carbonyl (C=O) groups excluding carboxylic acids is 2. The molecule has 0 saturated heterocycles. The number of aromatic nitrogens is 10. The van der Waals surface area contributed by atoms with E-state index in [1.165, 1.54) is 74.2 Å². The number of sulfone groups is 2. The first-order valence-electron chi connectivity index (χ1n) is 32.3. The Morgan fingerprint density at radius 1 is 0.641 bits per heavy atom. The average molecular weight is 1490 g/mol. The molecular formula is C64H77ClF4N20O12S2. The maximum atomic E-state index is 15.1. The quantitative estimate of drug-likeness (QED) is 0.00692. The van der Waals surface area contributed by atoms with Gasteiger partial charge >= 0.3 is 12.2 Å². The maximum Gasteiger partial charge on any atom is 0.411 e.